The van der Waals surface area contributed by atoms with Gasteiger partial charge in [-0.2, -0.15) is 10.1 Å². The summed E-state index contributed by atoms with van der Waals surface area (Å²) in [5.74, 6) is -0.670. The average Bonchev–Trinajstić information content (AvgIpc) is 3.06. The third-order valence-corrected chi connectivity index (χ3v) is 5.23. The summed E-state index contributed by atoms with van der Waals surface area (Å²) in [6.45, 7) is 1.26. The first-order chi connectivity index (χ1) is 12.4. The summed E-state index contributed by atoms with van der Waals surface area (Å²) in [6.07, 6.45) is 0. The van der Waals surface area contributed by atoms with Crippen LogP contribution in [0.2, 0.25) is 0 Å². The molecule has 2 aliphatic heterocycles. The van der Waals surface area contributed by atoms with Gasteiger partial charge in [0.15, 0.2) is 0 Å². The van der Waals surface area contributed by atoms with Crippen LogP contribution in [-0.2, 0) is 4.79 Å². The van der Waals surface area contributed by atoms with Gasteiger partial charge in [-0.15, -0.1) is 0 Å². The van der Waals surface area contributed by atoms with Crippen LogP contribution >= 0.6 is 15.9 Å². The Hall–Kier alpha value is -2.74. The van der Waals surface area contributed by atoms with Crippen molar-refractivity contribution in [2.45, 2.75) is 18.4 Å². The number of hydrogen-bond donors (Lipinski definition) is 0. The first-order valence-electron chi connectivity index (χ1n) is 7.99. The molecule has 0 saturated heterocycles. The second-order valence-corrected chi connectivity index (χ2v) is 7.14. The van der Waals surface area contributed by atoms with E-state index < -0.39 is 28.9 Å². The Morgan fingerprint density at radius 3 is 2.81 bits per heavy atom. The summed E-state index contributed by atoms with van der Waals surface area (Å²) < 4.78 is 6.84. The number of para-hydroxylation sites is 1. The van der Waals surface area contributed by atoms with Crippen LogP contribution < -0.4 is 9.75 Å². The molecular weight excluding hydrogens is 402 g/mol. The molecule has 0 bridgehead atoms. The maximum absolute atomic E-state index is 13.4. The van der Waals surface area contributed by atoms with Gasteiger partial charge in [-0.25, -0.2) is 0 Å². The van der Waals surface area contributed by atoms with E-state index in [-0.39, 0.29) is 0 Å². The topological polar surface area (TPSA) is 85.0 Å². The molecule has 2 atom stereocenters. The molecule has 0 N–H and O–H groups in total. The van der Waals surface area contributed by atoms with E-state index >= 15 is 0 Å². The molecular formula is C18H14BrN3O4. The Morgan fingerprint density at radius 1 is 1.31 bits per heavy atom. The quantitative estimate of drug-likeness (QED) is 0.567. The molecule has 2 heterocycles. The van der Waals surface area contributed by atoms with E-state index in [0.29, 0.717) is 22.7 Å². The molecule has 1 spiro atoms. The van der Waals surface area contributed by atoms with Gasteiger partial charge in [0.05, 0.1) is 11.4 Å². The highest BCUT2D eigenvalue weighted by molar-refractivity contribution is 9.10. The molecule has 0 unspecified atom stereocenters. The fraction of sp³-hybridized carbons (Fsp3) is 0.222. The number of nitro groups is 1. The number of anilines is 1. The minimum Gasteiger partial charge on any atom is -0.470 e. The van der Waals surface area contributed by atoms with E-state index in [9.17, 15) is 14.9 Å². The number of carbonyl (C=O) groups is 1. The van der Waals surface area contributed by atoms with Gasteiger partial charge >= 0.3 is 0 Å². The number of rotatable bonds is 3. The molecule has 0 saturated carbocycles. The Kier molecular flexibility index (Phi) is 3.80. The van der Waals surface area contributed by atoms with Crippen LogP contribution in [0, 0.1) is 10.1 Å². The van der Waals surface area contributed by atoms with Crippen LogP contribution in [0.3, 0.4) is 0 Å². The molecule has 2 aliphatic rings. The molecule has 2 aromatic rings. The van der Waals surface area contributed by atoms with E-state index in [2.05, 4.69) is 21.0 Å². The van der Waals surface area contributed by atoms with E-state index in [0.717, 1.165) is 4.47 Å². The highest BCUT2D eigenvalue weighted by Crippen LogP contribution is 2.49. The SMILES string of the molecule is CC1=NN(c2cccc(Br)c2)C(=O)[C@]12Oc1ccccc1[C@H]2C[N+](=O)[O-]. The predicted octanol–water partition coefficient (Wildman–Crippen LogP) is 3.36. The van der Waals surface area contributed by atoms with Crippen LogP contribution in [0.25, 0.3) is 0 Å². The molecule has 0 aromatic heterocycles. The van der Waals surface area contributed by atoms with E-state index in [1.54, 1.807) is 49.4 Å². The van der Waals surface area contributed by atoms with Crippen molar-refractivity contribution in [2.75, 3.05) is 11.6 Å². The standard InChI is InChI=1S/C18H14BrN3O4/c1-11-18(17(23)22(20-11)13-6-4-5-12(19)9-13)15(10-21(24)25)14-7-2-3-8-16(14)26-18/h2-9,15H,10H2,1H3/t15-,18+/m1/s1. The molecule has 4 rings (SSSR count). The van der Waals surface area contributed by atoms with E-state index in [4.69, 9.17) is 4.74 Å². The Bertz CT molecular complexity index is 961. The number of amides is 1. The Balaban J connectivity index is 1.82. The predicted molar refractivity (Wildman–Crippen MR) is 99.1 cm³/mol. The Morgan fingerprint density at radius 2 is 2.08 bits per heavy atom. The van der Waals surface area contributed by atoms with Crippen LogP contribution in [0.1, 0.15) is 18.4 Å². The van der Waals surface area contributed by atoms with Gasteiger partial charge in [0.1, 0.15) is 11.7 Å². The lowest BCUT2D eigenvalue weighted by atomic mass is 9.81. The fourth-order valence-electron chi connectivity index (χ4n) is 3.58. The van der Waals surface area contributed by atoms with Crippen molar-refractivity contribution in [3.63, 3.8) is 0 Å². The number of hydrazone groups is 1. The first-order valence-corrected chi connectivity index (χ1v) is 8.78. The smallest absolute Gasteiger partial charge is 0.298 e. The first kappa shape index (κ1) is 16.7. The number of carbonyl (C=O) groups excluding carboxylic acids is 1. The van der Waals surface area contributed by atoms with Crippen molar-refractivity contribution >= 4 is 33.2 Å². The monoisotopic (exact) mass is 415 g/mol. The summed E-state index contributed by atoms with van der Waals surface area (Å²) in [6, 6.07) is 14.2. The highest BCUT2D eigenvalue weighted by atomic mass is 79.9. The number of halogens is 1. The van der Waals surface area contributed by atoms with Gasteiger partial charge in [-0.05, 0) is 31.2 Å². The minimum atomic E-state index is -1.49. The molecule has 8 heteroatoms. The van der Waals surface area contributed by atoms with Crippen molar-refractivity contribution in [3.8, 4) is 5.75 Å². The van der Waals surface area contributed by atoms with Crippen molar-refractivity contribution < 1.29 is 14.5 Å². The number of fused-ring (bicyclic) bond motifs is 1. The third kappa shape index (κ3) is 2.33. The average molecular weight is 416 g/mol. The summed E-state index contributed by atoms with van der Waals surface area (Å²) in [5, 5.41) is 16.9. The van der Waals surface area contributed by atoms with Gasteiger partial charge in [0.25, 0.3) is 5.91 Å². The molecule has 7 nitrogen and oxygen atoms in total. The zero-order chi connectivity index (χ0) is 18.5. The zero-order valence-electron chi connectivity index (χ0n) is 13.8. The lowest BCUT2D eigenvalue weighted by molar-refractivity contribution is -0.484. The normalized spacial score (nSPS) is 23.8. The maximum atomic E-state index is 13.4. The van der Waals surface area contributed by atoms with Crippen LogP contribution in [-0.4, -0.2) is 28.7 Å². The van der Waals surface area contributed by atoms with Gasteiger partial charge in [-0.1, -0.05) is 40.2 Å². The third-order valence-electron chi connectivity index (χ3n) is 4.74. The van der Waals surface area contributed by atoms with Crippen molar-refractivity contribution in [2.24, 2.45) is 5.10 Å². The van der Waals surface area contributed by atoms with Crippen LogP contribution in [0.5, 0.6) is 5.75 Å². The van der Waals surface area contributed by atoms with E-state index in [1.165, 1.54) is 5.01 Å². The van der Waals surface area contributed by atoms with Crippen molar-refractivity contribution in [3.05, 3.63) is 68.7 Å². The molecule has 1 amide bonds. The summed E-state index contributed by atoms with van der Waals surface area (Å²) in [5.41, 5.74) is 0.146. The molecule has 0 aliphatic carbocycles. The van der Waals surface area contributed by atoms with Gasteiger partial charge in [0.2, 0.25) is 12.1 Å². The second-order valence-electron chi connectivity index (χ2n) is 6.23. The van der Waals surface area contributed by atoms with Gasteiger partial charge < -0.3 is 4.74 Å². The lowest BCUT2D eigenvalue weighted by Gasteiger charge is -2.27. The number of ether oxygens (including phenoxy) is 1. The molecule has 26 heavy (non-hydrogen) atoms. The molecule has 0 radical (unpaired) electrons. The van der Waals surface area contributed by atoms with Crippen LogP contribution in [0.4, 0.5) is 5.69 Å². The van der Waals surface area contributed by atoms with Gasteiger partial charge in [0, 0.05) is 15.0 Å². The number of hydrogen-bond acceptors (Lipinski definition) is 5. The zero-order valence-corrected chi connectivity index (χ0v) is 15.3. The molecule has 132 valence electrons. The minimum absolute atomic E-state index is 0.408. The molecule has 2 aromatic carbocycles. The largest absolute Gasteiger partial charge is 0.470 e. The second kappa shape index (κ2) is 5.91. The lowest BCUT2D eigenvalue weighted by Crippen LogP contribution is -2.54. The van der Waals surface area contributed by atoms with Gasteiger partial charge in [-0.3, -0.25) is 14.9 Å². The summed E-state index contributed by atoms with van der Waals surface area (Å²) >= 11 is 3.38. The van der Waals surface area contributed by atoms with E-state index in [1.807, 2.05) is 6.07 Å². The number of nitrogens with zero attached hydrogens (tertiary/aromatic N) is 3. The summed E-state index contributed by atoms with van der Waals surface area (Å²) in [7, 11) is 0. The molecule has 0 fully saturated rings. The van der Waals surface area contributed by atoms with Crippen LogP contribution in [0.15, 0.2) is 58.1 Å². The fourth-order valence-corrected chi connectivity index (χ4v) is 3.97. The summed E-state index contributed by atoms with van der Waals surface area (Å²) in [4.78, 5) is 24.2. The highest BCUT2D eigenvalue weighted by Gasteiger charge is 2.63. The maximum Gasteiger partial charge on any atom is 0.298 e. The van der Waals surface area contributed by atoms with Crippen molar-refractivity contribution in [1.82, 2.24) is 0 Å². The number of benzene rings is 2. The Labute approximate surface area is 157 Å². The van der Waals surface area contributed by atoms with Crippen molar-refractivity contribution in [1.29, 1.82) is 0 Å².